The molecule has 0 radical (unpaired) electrons. The highest BCUT2D eigenvalue weighted by molar-refractivity contribution is 5.92. The number of hydrogen-bond donors (Lipinski definition) is 2. The van der Waals surface area contributed by atoms with Crippen LogP contribution in [-0.4, -0.2) is 65.2 Å². The molecule has 8 nitrogen and oxygen atoms in total. The Balaban J connectivity index is 1.61. The first kappa shape index (κ1) is 21.4. The van der Waals surface area contributed by atoms with Crippen LogP contribution in [0.15, 0.2) is 53.8 Å². The Bertz CT molecular complexity index is 867. The normalized spacial score (nSPS) is 28.9. The van der Waals surface area contributed by atoms with E-state index in [4.69, 9.17) is 9.47 Å². The molecule has 0 spiro atoms. The lowest BCUT2D eigenvalue weighted by Gasteiger charge is -2.44. The number of benzene rings is 1. The summed E-state index contributed by atoms with van der Waals surface area (Å²) in [6, 6.07) is 9.94. The summed E-state index contributed by atoms with van der Waals surface area (Å²) in [7, 11) is 0. The first-order valence-electron chi connectivity index (χ1n) is 10.8. The molecule has 3 aliphatic rings. The van der Waals surface area contributed by atoms with Gasteiger partial charge in [-0.25, -0.2) is 9.59 Å². The third-order valence-corrected chi connectivity index (χ3v) is 6.07. The second-order valence-electron chi connectivity index (χ2n) is 8.11. The number of esters is 2. The van der Waals surface area contributed by atoms with Gasteiger partial charge in [-0.15, -0.1) is 0 Å². The average Bonchev–Trinajstić information content (AvgIpc) is 2.81. The molecule has 31 heavy (non-hydrogen) atoms. The molecule has 2 fully saturated rings. The van der Waals surface area contributed by atoms with Crippen molar-refractivity contribution < 1.29 is 29.3 Å². The number of allylic oxidation sites excluding steroid dienone is 1. The number of nitrogens with zero attached hydrogens (tertiary/aromatic N) is 2. The number of para-hydroxylation sites is 1. The number of carbonyl (C=O) groups excluding carboxylic acids is 2. The van der Waals surface area contributed by atoms with E-state index in [1.807, 2.05) is 30.3 Å². The molecule has 0 amide bonds. The summed E-state index contributed by atoms with van der Waals surface area (Å²) in [5.41, 5.74) is 1.71. The molecule has 0 aromatic heterocycles. The Morgan fingerprint density at radius 3 is 2.26 bits per heavy atom. The quantitative estimate of drug-likeness (QED) is 0.559. The monoisotopic (exact) mass is 428 g/mol. The van der Waals surface area contributed by atoms with E-state index < -0.39 is 29.7 Å². The second kappa shape index (κ2) is 9.11. The molecule has 1 aromatic carbocycles. The summed E-state index contributed by atoms with van der Waals surface area (Å²) in [5.74, 6) is -4.56. The van der Waals surface area contributed by atoms with Crippen molar-refractivity contribution in [1.82, 2.24) is 4.90 Å². The Morgan fingerprint density at radius 2 is 1.58 bits per heavy atom. The third-order valence-electron chi connectivity index (χ3n) is 6.07. The number of cyclic esters (lactones) is 2. The average molecular weight is 428 g/mol. The van der Waals surface area contributed by atoms with Crippen molar-refractivity contribution in [1.29, 1.82) is 0 Å². The van der Waals surface area contributed by atoms with Gasteiger partial charge in [-0.3, -0.25) is 4.90 Å². The number of carbonyl (C=O) groups is 2. The third kappa shape index (κ3) is 4.60. The number of piperazine rings is 1. The fourth-order valence-electron chi connectivity index (χ4n) is 4.41. The zero-order valence-electron chi connectivity index (χ0n) is 17.4. The van der Waals surface area contributed by atoms with Gasteiger partial charge in [0.1, 0.15) is 0 Å². The van der Waals surface area contributed by atoms with Crippen LogP contribution in [0.25, 0.3) is 0 Å². The van der Waals surface area contributed by atoms with Crippen molar-refractivity contribution in [3.8, 4) is 0 Å². The Morgan fingerprint density at radius 1 is 0.935 bits per heavy atom. The van der Waals surface area contributed by atoms with E-state index in [2.05, 4.69) is 4.90 Å². The lowest BCUT2D eigenvalue weighted by atomic mass is 9.91. The summed E-state index contributed by atoms with van der Waals surface area (Å²) in [5, 5.41) is 22.5. The van der Waals surface area contributed by atoms with Crippen LogP contribution >= 0.6 is 0 Å². The number of aliphatic hydroxyl groups is 2. The minimum atomic E-state index is -2.46. The summed E-state index contributed by atoms with van der Waals surface area (Å²) in [4.78, 5) is 28.4. The zero-order valence-corrected chi connectivity index (χ0v) is 17.4. The van der Waals surface area contributed by atoms with Crippen LogP contribution in [0, 0.1) is 0 Å². The van der Waals surface area contributed by atoms with E-state index in [-0.39, 0.29) is 0 Å². The molecule has 8 heteroatoms. The van der Waals surface area contributed by atoms with E-state index >= 15 is 0 Å². The van der Waals surface area contributed by atoms with Crippen LogP contribution in [0.3, 0.4) is 0 Å². The molecular formula is C23H28N2O6. The molecule has 1 saturated carbocycles. The first-order chi connectivity index (χ1) is 15.0. The van der Waals surface area contributed by atoms with E-state index in [0.29, 0.717) is 44.6 Å². The molecule has 2 atom stereocenters. The van der Waals surface area contributed by atoms with Gasteiger partial charge in [-0.2, -0.15) is 0 Å². The van der Waals surface area contributed by atoms with Crippen LogP contribution in [0.5, 0.6) is 0 Å². The summed E-state index contributed by atoms with van der Waals surface area (Å²) in [6.45, 7) is 2.13. The maximum absolute atomic E-state index is 12.2. The van der Waals surface area contributed by atoms with E-state index in [9.17, 15) is 19.8 Å². The molecular weight excluding hydrogens is 400 g/mol. The van der Waals surface area contributed by atoms with Gasteiger partial charge >= 0.3 is 17.7 Å². The Kier molecular flexibility index (Phi) is 6.29. The summed E-state index contributed by atoms with van der Waals surface area (Å²) < 4.78 is 10.8. The Hall–Kier alpha value is -2.84. The predicted octanol–water partition coefficient (Wildman–Crippen LogP) is 2.26. The summed E-state index contributed by atoms with van der Waals surface area (Å²) >= 11 is 0. The summed E-state index contributed by atoms with van der Waals surface area (Å²) in [6.07, 6.45) is 4.52. The highest BCUT2D eigenvalue weighted by Crippen LogP contribution is 2.35. The van der Waals surface area contributed by atoms with Gasteiger partial charge in [0.15, 0.2) is 5.76 Å². The van der Waals surface area contributed by atoms with Crippen LogP contribution in [-0.2, 0) is 19.1 Å². The number of hydrogen-bond acceptors (Lipinski definition) is 8. The highest BCUT2D eigenvalue weighted by atomic mass is 16.7. The molecule has 1 saturated heterocycles. The number of aliphatic hydroxyl groups excluding tert-OH is 1. The smallest absolute Gasteiger partial charge is 0.334 e. The molecule has 2 heterocycles. The van der Waals surface area contributed by atoms with Gasteiger partial charge in [-0.1, -0.05) is 24.6 Å². The SMILES string of the molecule is O=C1/C=C/C(=O)OC(O)(C(O)=C2CCCCC2)C(N2CCN(c3ccccc3)CC2)O1. The standard InChI is InChI=1S/C23H28N2O6/c26-19-11-12-20(27)31-23(29,21(28)17-7-3-1-4-8-17)22(30-19)25-15-13-24(14-16-25)18-9-5-2-6-10-18/h2,5-6,9-12,22,28-29H,1,3-4,7-8,13-16H2/b12-11+. The highest BCUT2D eigenvalue weighted by Gasteiger charge is 2.52. The van der Waals surface area contributed by atoms with Crippen molar-refractivity contribution in [2.45, 2.75) is 44.1 Å². The predicted molar refractivity (Wildman–Crippen MR) is 113 cm³/mol. The van der Waals surface area contributed by atoms with Crippen molar-refractivity contribution in [3.05, 3.63) is 53.8 Å². The fraction of sp³-hybridized carbons (Fsp3) is 0.478. The molecule has 1 aromatic rings. The van der Waals surface area contributed by atoms with Crippen LogP contribution in [0.1, 0.15) is 32.1 Å². The van der Waals surface area contributed by atoms with Gasteiger partial charge in [0, 0.05) is 44.0 Å². The number of rotatable bonds is 3. The van der Waals surface area contributed by atoms with E-state index in [0.717, 1.165) is 37.1 Å². The molecule has 166 valence electrons. The van der Waals surface area contributed by atoms with Crippen LogP contribution < -0.4 is 4.90 Å². The van der Waals surface area contributed by atoms with E-state index in [1.54, 1.807) is 4.90 Å². The zero-order chi connectivity index (χ0) is 21.8. The minimum absolute atomic E-state index is 0.417. The van der Waals surface area contributed by atoms with E-state index in [1.165, 1.54) is 0 Å². The fourth-order valence-corrected chi connectivity index (χ4v) is 4.41. The molecule has 2 N–H and O–H groups in total. The topological polar surface area (TPSA) is 99.5 Å². The maximum Gasteiger partial charge on any atom is 0.334 e. The largest absolute Gasteiger partial charge is 0.506 e. The molecule has 1 aliphatic carbocycles. The Labute approximate surface area is 181 Å². The lowest BCUT2D eigenvalue weighted by molar-refractivity contribution is -0.274. The van der Waals surface area contributed by atoms with Crippen molar-refractivity contribution in [2.24, 2.45) is 0 Å². The minimum Gasteiger partial charge on any atom is -0.506 e. The van der Waals surface area contributed by atoms with Crippen LogP contribution in [0.2, 0.25) is 0 Å². The van der Waals surface area contributed by atoms with Crippen molar-refractivity contribution in [3.63, 3.8) is 0 Å². The van der Waals surface area contributed by atoms with Crippen molar-refractivity contribution >= 4 is 17.6 Å². The van der Waals surface area contributed by atoms with Gasteiger partial charge < -0.3 is 24.6 Å². The van der Waals surface area contributed by atoms with Gasteiger partial charge in [0.25, 0.3) is 0 Å². The molecule has 0 bridgehead atoms. The first-order valence-corrected chi connectivity index (χ1v) is 10.8. The van der Waals surface area contributed by atoms with Crippen LogP contribution in [0.4, 0.5) is 5.69 Å². The lowest BCUT2D eigenvalue weighted by Crippen LogP contribution is -2.62. The number of anilines is 1. The van der Waals surface area contributed by atoms with Gasteiger partial charge in [0.05, 0.1) is 0 Å². The molecule has 2 aliphatic heterocycles. The van der Waals surface area contributed by atoms with Crippen molar-refractivity contribution in [2.75, 3.05) is 31.1 Å². The molecule has 4 rings (SSSR count). The van der Waals surface area contributed by atoms with Gasteiger partial charge in [0.2, 0.25) is 6.23 Å². The van der Waals surface area contributed by atoms with Gasteiger partial charge in [-0.05, 0) is 43.4 Å². The number of ether oxygens (including phenoxy) is 2. The second-order valence-corrected chi connectivity index (χ2v) is 8.11. The maximum atomic E-state index is 12.2. The molecule has 2 unspecified atom stereocenters.